The van der Waals surface area contributed by atoms with Gasteiger partial charge in [0.15, 0.2) is 11.6 Å². The molecule has 0 amide bonds. The van der Waals surface area contributed by atoms with Crippen molar-refractivity contribution in [1.29, 1.82) is 0 Å². The Morgan fingerprint density at radius 1 is 1.25 bits per heavy atom. The number of carbonyl (C=O) groups is 1. The lowest BCUT2D eigenvalue weighted by atomic mass is 10.2. The first-order valence-electron chi connectivity index (χ1n) is 6.92. The Morgan fingerprint density at radius 3 is 2.67 bits per heavy atom. The number of fused-ring (bicyclic) bond motifs is 1. The van der Waals surface area contributed by atoms with Crippen LogP contribution in [0, 0.1) is 0 Å². The van der Waals surface area contributed by atoms with Crippen LogP contribution < -0.4 is 9.47 Å². The molecule has 0 fully saturated rings. The summed E-state index contributed by atoms with van der Waals surface area (Å²) in [6.45, 7) is -1.59. The van der Waals surface area contributed by atoms with Gasteiger partial charge >= 0.3 is 6.61 Å². The first-order valence-corrected chi connectivity index (χ1v) is 6.92. The van der Waals surface area contributed by atoms with Crippen molar-refractivity contribution in [2.24, 2.45) is 0 Å². The molecule has 0 aliphatic heterocycles. The summed E-state index contributed by atoms with van der Waals surface area (Å²) in [5.41, 5.74) is 0.995. The van der Waals surface area contributed by atoms with Gasteiger partial charge in [-0.2, -0.15) is 8.78 Å². The Bertz CT molecular complexity index is 865. The molecule has 24 heavy (non-hydrogen) atoms. The lowest BCUT2D eigenvalue weighted by molar-refractivity contribution is -0.118. The molecule has 0 aliphatic carbocycles. The van der Waals surface area contributed by atoms with Crippen LogP contribution in [0.2, 0.25) is 0 Å². The van der Waals surface area contributed by atoms with Crippen molar-refractivity contribution >= 4 is 11.4 Å². The maximum absolute atomic E-state index is 12.2. The number of ketones is 1. The number of ether oxygens (including phenoxy) is 2. The minimum absolute atomic E-state index is 0.0507. The van der Waals surface area contributed by atoms with Gasteiger partial charge in [-0.05, 0) is 31.2 Å². The van der Waals surface area contributed by atoms with E-state index >= 15 is 0 Å². The zero-order chi connectivity index (χ0) is 17.1. The number of benzene rings is 1. The summed E-state index contributed by atoms with van der Waals surface area (Å²) in [4.78, 5) is 15.1. The number of Topliss-reactive ketones (excluding diaryl/α,β-unsaturated/α-hetero) is 1. The summed E-state index contributed by atoms with van der Waals surface area (Å²) in [5, 5.41) is 8.07. The van der Waals surface area contributed by atoms with Gasteiger partial charge in [0.25, 0.3) is 5.88 Å². The van der Waals surface area contributed by atoms with Crippen LogP contribution in [-0.2, 0) is 4.79 Å². The molecule has 2 heterocycles. The minimum atomic E-state index is -2.88. The maximum atomic E-state index is 12.2. The number of halogens is 2. The molecule has 2 aromatic heterocycles. The summed E-state index contributed by atoms with van der Waals surface area (Å²) < 4.78 is 35.6. The van der Waals surface area contributed by atoms with E-state index in [-0.39, 0.29) is 24.0 Å². The smallest absolute Gasteiger partial charge is 0.387 e. The quantitative estimate of drug-likeness (QED) is 0.688. The van der Waals surface area contributed by atoms with Crippen molar-refractivity contribution in [1.82, 2.24) is 19.6 Å². The first kappa shape index (κ1) is 15.8. The highest BCUT2D eigenvalue weighted by atomic mass is 19.3. The van der Waals surface area contributed by atoms with E-state index in [1.807, 2.05) is 0 Å². The topological polar surface area (TPSA) is 78.6 Å². The lowest BCUT2D eigenvalue weighted by Gasteiger charge is -2.06. The van der Waals surface area contributed by atoms with Crippen LogP contribution in [0.1, 0.15) is 6.92 Å². The van der Waals surface area contributed by atoms with E-state index < -0.39 is 6.61 Å². The highest BCUT2D eigenvalue weighted by molar-refractivity contribution is 5.77. The lowest BCUT2D eigenvalue weighted by Crippen LogP contribution is -2.08. The second-order valence-electron chi connectivity index (χ2n) is 4.84. The predicted octanol–water partition coefficient (Wildman–Crippen LogP) is 2.36. The summed E-state index contributed by atoms with van der Waals surface area (Å²) in [7, 11) is 0. The molecular weight excluding hydrogens is 322 g/mol. The molecule has 0 unspecified atom stereocenters. The van der Waals surface area contributed by atoms with Crippen LogP contribution in [0.4, 0.5) is 8.78 Å². The van der Waals surface area contributed by atoms with Crippen molar-refractivity contribution in [3.05, 3.63) is 36.7 Å². The van der Waals surface area contributed by atoms with E-state index in [1.165, 1.54) is 25.3 Å². The fourth-order valence-electron chi connectivity index (χ4n) is 2.06. The largest absolute Gasteiger partial charge is 0.467 e. The van der Waals surface area contributed by atoms with Crippen LogP contribution >= 0.6 is 0 Å². The number of carbonyl (C=O) groups excluding carboxylic acids is 1. The number of nitrogens with zero attached hydrogens (tertiary/aromatic N) is 4. The molecule has 0 radical (unpaired) electrons. The molecule has 1 aromatic carbocycles. The van der Waals surface area contributed by atoms with Gasteiger partial charge in [-0.25, -0.2) is 4.98 Å². The highest BCUT2D eigenvalue weighted by Crippen LogP contribution is 2.24. The van der Waals surface area contributed by atoms with Crippen LogP contribution in [0.15, 0.2) is 36.7 Å². The molecule has 3 rings (SSSR count). The average Bonchev–Trinajstić information content (AvgIpc) is 2.97. The zero-order valence-corrected chi connectivity index (χ0v) is 12.5. The third-order valence-electron chi connectivity index (χ3n) is 3.04. The Kier molecular flexibility index (Phi) is 4.32. The van der Waals surface area contributed by atoms with Gasteiger partial charge in [-0.1, -0.05) is 0 Å². The second-order valence-corrected chi connectivity index (χ2v) is 4.84. The molecule has 0 atom stereocenters. The monoisotopic (exact) mass is 334 g/mol. The number of alkyl halides is 2. The highest BCUT2D eigenvalue weighted by Gasteiger charge is 2.14. The molecule has 9 heteroatoms. The molecule has 124 valence electrons. The van der Waals surface area contributed by atoms with Crippen molar-refractivity contribution in [2.75, 3.05) is 6.61 Å². The minimum Gasteiger partial charge on any atom is -0.467 e. The number of hydrogen-bond acceptors (Lipinski definition) is 6. The molecule has 0 aliphatic rings. The van der Waals surface area contributed by atoms with Crippen LogP contribution in [0.25, 0.3) is 17.0 Å². The van der Waals surface area contributed by atoms with Crippen LogP contribution in [0.3, 0.4) is 0 Å². The van der Waals surface area contributed by atoms with Gasteiger partial charge in [0.1, 0.15) is 12.4 Å². The average molecular weight is 334 g/mol. The van der Waals surface area contributed by atoms with Gasteiger partial charge in [0.05, 0.1) is 0 Å². The Balaban J connectivity index is 1.93. The van der Waals surface area contributed by atoms with Gasteiger partial charge in [-0.3, -0.25) is 9.20 Å². The summed E-state index contributed by atoms with van der Waals surface area (Å²) in [6.07, 6.45) is 3.12. The molecule has 0 bridgehead atoms. The number of rotatable bonds is 6. The molecule has 0 N–H and O–H groups in total. The van der Waals surface area contributed by atoms with E-state index in [4.69, 9.17) is 4.74 Å². The van der Waals surface area contributed by atoms with Crippen LogP contribution in [0.5, 0.6) is 11.6 Å². The third-order valence-corrected chi connectivity index (χ3v) is 3.04. The van der Waals surface area contributed by atoms with E-state index in [0.29, 0.717) is 17.0 Å². The molecule has 7 nitrogen and oxygen atoms in total. The predicted molar refractivity (Wildman–Crippen MR) is 79.0 cm³/mol. The van der Waals surface area contributed by atoms with Gasteiger partial charge < -0.3 is 9.47 Å². The Morgan fingerprint density at radius 2 is 2.00 bits per heavy atom. The van der Waals surface area contributed by atoms with E-state index in [0.717, 1.165) is 0 Å². The second kappa shape index (κ2) is 6.57. The Hall–Kier alpha value is -3.10. The van der Waals surface area contributed by atoms with Gasteiger partial charge in [-0.15, -0.1) is 10.2 Å². The molecule has 3 aromatic rings. The standard InChI is InChI=1S/C15H12F2N4O3/c1-9(22)8-23-14-13-20-19-12(21(13)7-6-18-14)10-2-4-11(5-3-10)24-15(16)17/h2-7,15H,8H2,1H3. The molecule has 0 saturated carbocycles. The number of hydrogen-bond donors (Lipinski definition) is 0. The normalized spacial score (nSPS) is 11.0. The van der Waals surface area contributed by atoms with E-state index in [9.17, 15) is 13.6 Å². The van der Waals surface area contributed by atoms with Gasteiger partial charge in [0.2, 0.25) is 5.65 Å². The Labute approximate surface area is 134 Å². The number of aromatic nitrogens is 4. The van der Waals surface area contributed by atoms with Gasteiger partial charge in [0, 0.05) is 18.0 Å². The van der Waals surface area contributed by atoms with E-state index in [2.05, 4.69) is 19.9 Å². The SMILES string of the molecule is CC(=O)COc1nccn2c(-c3ccc(OC(F)F)cc3)nnc12. The summed E-state index contributed by atoms with van der Waals surface area (Å²) in [6, 6.07) is 6.00. The zero-order valence-electron chi connectivity index (χ0n) is 12.5. The fourth-order valence-corrected chi connectivity index (χ4v) is 2.06. The van der Waals surface area contributed by atoms with Crippen LogP contribution in [-0.4, -0.2) is 38.6 Å². The molecule has 0 spiro atoms. The molecular formula is C15H12F2N4O3. The summed E-state index contributed by atoms with van der Waals surface area (Å²) >= 11 is 0. The van der Waals surface area contributed by atoms with Crippen molar-refractivity contribution in [3.8, 4) is 23.0 Å². The summed E-state index contributed by atoms with van der Waals surface area (Å²) in [5.74, 6) is 0.565. The first-order chi connectivity index (χ1) is 11.5. The fraction of sp³-hybridized carbons (Fsp3) is 0.200. The van der Waals surface area contributed by atoms with E-state index in [1.54, 1.807) is 22.7 Å². The van der Waals surface area contributed by atoms with Crippen molar-refractivity contribution in [3.63, 3.8) is 0 Å². The third kappa shape index (κ3) is 3.29. The maximum Gasteiger partial charge on any atom is 0.387 e. The molecule has 0 saturated heterocycles. The van der Waals surface area contributed by atoms with Crippen molar-refractivity contribution in [2.45, 2.75) is 13.5 Å². The van der Waals surface area contributed by atoms with Crippen molar-refractivity contribution < 1.29 is 23.0 Å².